The standard InChI is InChI=1S/C28H23N5O2/c1-16-31-24-10-9-21(14-25(24)32-16)33-28(29)23(15-30-33)27(34)20-11-17-7-8-18(12-19(17)13-20)22-5-3-4-6-26(22)35-2/h3-12,14-15H,13,29H2,1-2H3,(H,31,32). The van der Waals surface area contributed by atoms with Crippen molar-refractivity contribution in [1.82, 2.24) is 19.7 Å². The summed E-state index contributed by atoms with van der Waals surface area (Å²) in [6.07, 6.45) is 4.03. The molecule has 3 aromatic carbocycles. The number of benzene rings is 3. The van der Waals surface area contributed by atoms with Gasteiger partial charge in [-0.1, -0.05) is 36.4 Å². The number of methoxy groups -OCH3 is 1. The second kappa shape index (κ2) is 7.99. The number of nitrogens with one attached hydrogen (secondary N) is 1. The second-order valence-electron chi connectivity index (χ2n) is 8.67. The van der Waals surface area contributed by atoms with E-state index in [1.165, 1.54) is 0 Å². The monoisotopic (exact) mass is 461 g/mol. The second-order valence-corrected chi connectivity index (χ2v) is 8.67. The van der Waals surface area contributed by atoms with Crippen molar-refractivity contribution in [1.29, 1.82) is 0 Å². The topological polar surface area (TPSA) is 98.8 Å². The summed E-state index contributed by atoms with van der Waals surface area (Å²) >= 11 is 0. The van der Waals surface area contributed by atoms with Gasteiger partial charge >= 0.3 is 0 Å². The minimum Gasteiger partial charge on any atom is -0.496 e. The first-order valence-electron chi connectivity index (χ1n) is 11.3. The largest absolute Gasteiger partial charge is 0.496 e. The third kappa shape index (κ3) is 3.49. The number of nitrogens with zero attached hydrogens (tertiary/aromatic N) is 3. The maximum absolute atomic E-state index is 13.4. The molecule has 1 aliphatic carbocycles. The third-order valence-electron chi connectivity index (χ3n) is 6.44. The SMILES string of the molecule is COc1ccccc1-c1ccc2c(c1)CC(C(=O)c1cnn(-c3ccc4nc(C)[nH]c4c3)c1N)=C2. The maximum atomic E-state index is 13.4. The van der Waals surface area contributed by atoms with Crippen LogP contribution < -0.4 is 10.5 Å². The Kier molecular flexibility index (Phi) is 4.77. The van der Waals surface area contributed by atoms with Crippen LogP contribution in [0.2, 0.25) is 0 Å². The summed E-state index contributed by atoms with van der Waals surface area (Å²) < 4.78 is 7.11. The van der Waals surface area contributed by atoms with Crippen LogP contribution in [0.4, 0.5) is 5.82 Å². The fraction of sp³-hybridized carbons (Fsp3) is 0.107. The van der Waals surface area contributed by atoms with Crippen LogP contribution in [0.3, 0.4) is 0 Å². The number of ether oxygens (including phenoxy) is 1. The van der Waals surface area contributed by atoms with Crippen molar-refractivity contribution in [3.63, 3.8) is 0 Å². The molecule has 0 unspecified atom stereocenters. The molecular formula is C28H23N5O2. The van der Waals surface area contributed by atoms with Gasteiger partial charge in [0.05, 0.1) is 35.6 Å². The fourth-order valence-electron chi connectivity index (χ4n) is 4.71. The predicted molar refractivity (Wildman–Crippen MR) is 137 cm³/mol. The number of carbonyl (C=O) groups is 1. The van der Waals surface area contributed by atoms with Gasteiger partial charge in [-0.3, -0.25) is 4.79 Å². The highest BCUT2D eigenvalue weighted by Gasteiger charge is 2.24. The van der Waals surface area contributed by atoms with Gasteiger partial charge in [-0.2, -0.15) is 5.10 Å². The minimum atomic E-state index is -0.109. The van der Waals surface area contributed by atoms with Gasteiger partial charge < -0.3 is 15.5 Å². The smallest absolute Gasteiger partial charge is 0.194 e. The molecule has 7 heteroatoms. The quantitative estimate of drug-likeness (QED) is 0.353. The summed E-state index contributed by atoms with van der Waals surface area (Å²) in [6, 6.07) is 19.9. The van der Waals surface area contributed by atoms with E-state index in [4.69, 9.17) is 10.5 Å². The Labute approximate surface area is 201 Å². The Hall–Kier alpha value is -4.65. The zero-order valence-electron chi connectivity index (χ0n) is 19.4. The summed E-state index contributed by atoms with van der Waals surface area (Å²) in [5, 5.41) is 4.41. The third-order valence-corrected chi connectivity index (χ3v) is 6.44. The number of imidazole rings is 1. The highest BCUT2D eigenvalue weighted by Crippen LogP contribution is 2.35. The first-order valence-corrected chi connectivity index (χ1v) is 11.3. The molecule has 3 N–H and O–H groups in total. The number of nitrogens with two attached hydrogens (primary N) is 1. The number of nitrogen functional groups attached to an aromatic ring is 1. The number of aromatic nitrogens is 4. The van der Waals surface area contributed by atoms with Crippen LogP contribution >= 0.6 is 0 Å². The van der Waals surface area contributed by atoms with Crippen LogP contribution in [-0.2, 0) is 6.42 Å². The lowest BCUT2D eigenvalue weighted by molar-refractivity contribution is 0.103. The Morgan fingerprint density at radius 2 is 1.97 bits per heavy atom. The molecule has 0 fully saturated rings. The molecule has 0 saturated carbocycles. The van der Waals surface area contributed by atoms with Crippen LogP contribution in [0.5, 0.6) is 5.75 Å². The number of H-pyrrole nitrogens is 1. The Morgan fingerprint density at radius 3 is 2.83 bits per heavy atom. The summed E-state index contributed by atoms with van der Waals surface area (Å²) in [7, 11) is 1.67. The van der Waals surface area contributed by atoms with Crippen molar-refractivity contribution < 1.29 is 9.53 Å². The van der Waals surface area contributed by atoms with E-state index in [-0.39, 0.29) is 5.78 Å². The summed E-state index contributed by atoms with van der Waals surface area (Å²) in [5.74, 6) is 1.86. The van der Waals surface area contributed by atoms with Crippen LogP contribution in [-0.4, -0.2) is 32.6 Å². The molecular weight excluding hydrogens is 438 g/mol. The first kappa shape index (κ1) is 20.9. The molecule has 6 rings (SSSR count). The van der Waals surface area contributed by atoms with Gasteiger partial charge in [-0.15, -0.1) is 0 Å². The van der Waals surface area contributed by atoms with Gasteiger partial charge in [-0.25, -0.2) is 9.67 Å². The van der Waals surface area contributed by atoms with Gasteiger partial charge in [-0.05, 0) is 54.0 Å². The molecule has 0 atom stereocenters. The number of fused-ring (bicyclic) bond motifs is 2. The van der Waals surface area contributed by atoms with Crippen LogP contribution in [0.15, 0.2) is 72.4 Å². The average Bonchev–Trinajstić information content (AvgIpc) is 3.58. The van der Waals surface area contributed by atoms with Crippen molar-refractivity contribution in [2.75, 3.05) is 12.8 Å². The lowest BCUT2D eigenvalue weighted by Gasteiger charge is -2.10. The molecule has 172 valence electrons. The van der Waals surface area contributed by atoms with Crippen molar-refractivity contribution in [2.24, 2.45) is 0 Å². The van der Waals surface area contributed by atoms with Crippen molar-refractivity contribution in [3.8, 4) is 22.6 Å². The molecule has 0 saturated heterocycles. The number of Topliss-reactive ketones (excluding diaryl/α,β-unsaturated/α-hetero) is 1. The molecule has 0 radical (unpaired) electrons. The van der Waals surface area contributed by atoms with Gasteiger partial charge in [0.2, 0.25) is 0 Å². The van der Waals surface area contributed by atoms with Crippen LogP contribution in [0, 0.1) is 6.92 Å². The minimum absolute atomic E-state index is 0.109. The molecule has 0 amide bonds. The van der Waals surface area contributed by atoms with E-state index in [1.807, 2.05) is 61.5 Å². The molecule has 2 heterocycles. The normalized spacial score (nSPS) is 12.6. The number of rotatable bonds is 5. The summed E-state index contributed by atoms with van der Waals surface area (Å²) in [6.45, 7) is 1.91. The molecule has 35 heavy (non-hydrogen) atoms. The number of para-hydroxylation sites is 1. The van der Waals surface area contributed by atoms with Gasteiger partial charge in [0.25, 0.3) is 0 Å². The van der Waals surface area contributed by atoms with E-state index in [9.17, 15) is 4.79 Å². The molecule has 2 aromatic heterocycles. The molecule has 1 aliphatic rings. The number of allylic oxidation sites excluding steroid dienone is 1. The fourth-order valence-corrected chi connectivity index (χ4v) is 4.71. The Balaban J connectivity index is 1.28. The van der Waals surface area contributed by atoms with Crippen LogP contribution in [0.1, 0.15) is 27.3 Å². The van der Waals surface area contributed by atoms with Crippen molar-refractivity contribution in [3.05, 3.63) is 94.9 Å². The number of carbonyl (C=O) groups excluding carboxylic acids is 1. The van der Waals surface area contributed by atoms with E-state index < -0.39 is 0 Å². The zero-order chi connectivity index (χ0) is 24.1. The molecule has 0 aliphatic heterocycles. The van der Waals surface area contributed by atoms with Gasteiger partial charge in [0.15, 0.2) is 5.78 Å². The zero-order valence-corrected chi connectivity index (χ0v) is 19.4. The van der Waals surface area contributed by atoms with E-state index in [0.29, 0.717) is 23.4 Å². The number of aryl methyl sites for hydroxylation is 1. The molecule has 0 bridgehead atoms. The Bertz CT molecular complexity index is 1660. The summed E-state index contributed by atoms with van der Waals surface area (Å²) in [5.41, 5.74) is 14.2. The van der Waals surface area contributed by atoms with E-state index in [0.717, 1.165) is 50.5 Å². The highest BCUT2D eigenvalue weighted by atomic mass is 16.5. The number of ketones is 1. The van der Waals surface area contributed by atoms with Gasteiger partial charge in [0, 0.05) is 17.6 Å². The first-order chi connectivity index (χ1) is 17.0. The maximum Gasteiger partial charge on any atom is 0.194 e. The Morgan fingerprint density at radius 1 is 1.11 bits per heavy atom. The number of hydrogen-bond donors (Lipinski definition) is 2. The van der Waals surface area contributed by atoms with Gasteiger partial charge in [0.1, 0.15) is 17.4 Å². The lowest BCUT2D eigenvalue weighted by Crippen LogP contribution is -2.08. The number of hydrogen-bond acceptors (Lipinski definition) is 5. The molecule has 5 aromatic rings. The number of anilines is 1. The highest BCUT2D eigenvalue weighted by molar-refractivity contribution is 6.15. The van der Waals surface area contributed by atoms with Crippen molar-refractivity contribution in [2.45, 2.75) is 13.3 Å². The number of aromatic amines is 1. The average molecular weight is 462 g/mol. The van der Waals surface area contributed by atoms with E-state index in [2.05, 4.69) is 27.2 Å². The van der Waals surface area contributed by atoms with Crippen molar-refractivity contribution >= 4 is 28.7 Å². The van der Waals surface area contributed by atoms with E-state index >= 15 is 0 Å². The predicted octanol–water partition coefficient (Wildman–Crippen LogP) is 5.14. The molecule has 7 nitrogen and oxygen atoms in total. The molecule has 0 spiro atoms. The van der Waals surface area contributed by atoms with Crippen LogP contribution in [0.25, 0.3) is 33.9 Å². The lowest BCUT2D eigenvalue weighted by atomic mass is 9.98. The summed E-state index contributed by atoms with van der Waals surface area (Å²) in [4.78, 5) is 21.1. The van der Waals surface area contributed by atoms with E-state index in [1.54, 1.807) is 18.0 Å².